The molecule has 0 aromatic heterocycles. The summed E-state index contributed by atoms with van der Waals surface area (Å²) in [5, 5.41) is 3.74. The summed E-state index contributed by atoms with van der Waals surface area (Å²) in [5.74, 6) is 0. The highest BCUT2D eigenvalue weighted by Gasteiger charge is 2.26. The van der Waals surface area contributed by atoms with Gasteiger partial charge in [0.1, 0.15) is 0 Å². The van der Waals surface area contributed by atoms with E-state index < -0.39 is 0 Å². The second-order valence-electron chi connectivity index (χ2n) is 4.97. The van der Waals surface area contributed by atoms with Crippen LogP contribution in [-0.2, 0) is 4.74 Å². The maximum atomic E-state index is 5.45. The predicted molar refractivity (Wildman–Crippen MR) is 73.5 cm³/mol. The van der Waals surface area contributed by atoms with E-state index in [1.54, 1.807) is 0 Å². The largest absolute Gasteiger partial charge is 0.379 e. The third-order valence-electron chi connectivity index (χ3n) is 3.65. The van der Waals surface area contributed by atoms with Crippen molar-refractivity contribution in [3.8, 4) is 0 Å². The fourth-order valence-electron chi connectivity index (χ4n) is 2.78. The van der Waals surface area contributed by atoms with Gasteiger partial charge in [-0.15, -0.1) is 0 Å². The van der Waals surface area contributed by atoms with Gasteiger partial charge in [0, 0.05) is 25.2 Å². The van der Waals surface area contributed by atoms with Crippen molar-refractivity contribution in [3.63, 3.8) is 0 Å². The summed E-state index contributed by atoms with van der Waals surface area (Å²) in [7, 11) is 0. The quantitative estimate of drug-likeness (QED) is 0.706. The smallest absolute Gasteiger partial charge is 0.0594 e. The molecule has 0 aromatic rings. The molecule has 1 aliphatic heterocycles. The Morgan fingerprint density at radius 1 is 1.12 bits per heavy atom. The fraction of sp³-hybridized carbons (Fsp3) is 1.00. The van der Waals surface area contributed by atoms with Gasteiger partial charge in [0.15, 0.2) is 0 Å². The van der Waals surface area contributed by atoms with E-state index in [1.807, 2.05) is 0 Å². The second-order valence-corrected chi connectivity index (χ2v) is 4.97. The zero-order valence-corrected chi connectivity index (χ0v) is 11.9. The Morgan fingerprint density at radius 3 is 2.35 bits per heavy atom. The van der Waals surface area contributed by atoms with Crippen LogP contribution in [0.1, 0.15) is 46.5 Å². The Bertz CT molecular complexity index is 181. The Balaban J connectivity index is 2.51. The average molecular weight is 242 g/mol. The van der Waals surface area contributed by atoms with Crippen molar-refractivity contribution >= 4 is 0 Å². The van der Waals surface area contributed by atoms with Gasteiger partial charge in [-0.3, -0.25) is 4.90 Å². The Morgan fingerprint density at radius 2 is 1.82 bits per heavy atom. The molecule has 3 heteroatoms. The summed E-state index contributed by atoms with van der Waals surface area (Å²) in [6, 6.07) is 1.34. The van der Waals surface area contributed by atoms with Crippen molar-refractivity contribution in [1.82, 2.24) is 10.2 Å². The zero-order chi connectivity index (χ0) is 12.5. The summed E-state index contributed by atoms with van der Waals surface area (Å²) in [6.45, 7) is 12.0. The third-order valence-corrected chi connectivity index (χ3v) is 3.65. The van der Waals surface area contributed by atoms with E-state index in [0.717, 1.165) is 32.8 Å². The van der Waals surface area contributed by atoms with Gasteiger partial charge < -0.3 is 10.1 Å². The van der Waals surface area contributed by atoms with Crippen molar-refractivity contribution in [2.24, 2.45) is 0 Å². The highest BCUT2D eigenvalue weighted by molar-refractivity contribution is 4.84. The topological polar surface area (TPSA) is 24.5 Å². The van der Waals surface area contributed by atoms with Gasteiger partial charge in [-0.25, -0.2) is 0 Å². The first kappa shape index (κ1) is 14.9. The molecule has 1 aliphatic rings. The number of nitrogens with zero attached hydrogens (tertiary/aromatic N) is 1. The van der Waals surface area contributed by atoms with Crippen LogP contribution in [0.15, 0.2) is 0 Å². The first-order valence-electron chi connectivity index (χ1n) is 7.38. The van der Waals surface area contributed by atoms with Crippen LogP contribution in [0, 0.1) is 0 Å². The SMILES string of the molecule is CCCNC(CCC)C(CC)N1CCOCC1. The fourth-order valence-corrected chi connectivity index (χ4v) is 2.78. The molecule has 1 rings (SSSR count). The van der Waals surface area contributed by atoms with Gasteiger partial charge in [0.05, 0.1) is 13.2 Å². The maximum absolute atomic E-state index is 5.45. The maximum Gasteiger partial charge on any atom is 0.0594 e. The van der Waals surface area contributed by atoms with E-state index in [2.05, 4.69) is 31.0 Å². The molecule has 1 heterocycles. The molecule has 0 spiro atoms. The van der Waals surface area contributed by atoms with Crippen LogP contribution in [0.2, 0.25) is 0 Å². The normalized spacial score (nSPS) is 21.4. The minimum absolute atomic E-state index is 0.656. The lowest BCUT2D eigenvalue weighted by Crippen LogP contribution is -2.53. The van der Waals surface area contributed by atoms with E-state index in [1.165, 1.54) is 25.7 Å². The van der Waals surface area contributed by atoms with Crippen molar-refractivity contribution in [2.75, 3.05) is 32.8 Å². The molecule has 0 bridgehead atoms. The monoisotopic (exact) mass is 242 g/mol. The molecule has 0 aromatic carbocycles. The molecule has 17 heavy (non-hydrogen) atoms. The number of nitrogens with one attached hydrogen (secondary N) is 1. The lowest BCUT2D eigenvalue weighted by molar-refractivity contribution is 0.00613. The van der Waals surface area contributed by atoms with Crippen molar-refractivity contribution in [3.05, 3.63) is 0 Å². The van der Waals surface area contributed by atoms with Crippen LogP contribution in [0.4, 0.5) is 0 Å². The first-order valence-corrected chi connectivity index (χ1v) is 7.38. The van der Waals surface area contributed by atoms with Gasteiger partial charge in [0.25, 0.3) is 0 Å². The van der Waals surface area contributed by atoms with E-state index in [-0.39, 0.29) is 0 Å². The molecular weight excluding hydrogens is 212 g/mol. The molecule has 0 saturated carbocycles. The van der Waals surface area contributed by atoms with Crippen LogP contribution in [0.25, 0.3) is 0 Å². The van der Waals surface area contributed by atoms with Gasteiger partial charge in [0.2, 0.25) is 0 Å². The van der Waals surface area contributed by atoms with Gasteiger partial charge in [-0.1, -0.05) is 27.2 Å². The van der Waals surface area contributed by atoms with E-state index in [0.29, 0.717) is 12.1 Å². The predicted octanol–water partition coefficient (Wildman–Crippen LogP) is 2.27. The van der Waals surface area contributed by atoms with Crippen LogP contribution in [0.3, 0.4) is 0 Å². The van der Waals surface area contributed by atoms with Gasteiger partial charge in [-0.2, -0.15) is 0 Å². The molecule has 2 unspecified atom stereocenters. The molecule has 0 amide bonds. The molecular formula is C14H30N2O. The Labute approximate surface area is 107 Å². The number of morpholine rings is 1. The minimum Gasteiger partial charge on any atom is -0.379 e. The van der Waals surface area contributed by atoms with Crippen molar-refractivity contribution in [2.45, 2.75) is 58.5 Å². The van der Waals surface area contributed by atoms with Crippen LogP contribution >= 0.6 is 0 Å². The van der Waals surface area contributed by atoms with Gasteiger partial charge in [-0.05, 0) is 25.8 Å². The minimum atomic E-state index is 0.656. The van der Waals surface area contributed by atoms with Gasteiger partial charge >= 0.3 is 0 Å². The summed E-state index contributed by atoms with van der Waals surface area (Å²) >= 11 is 0. The lowest BCUT2D eigenvalue weighted by Gasteiger charge is -2.39. The number of ether oxygens (including phenoxy) is 1. The van der Waals surface area contributed by atoms with Crippen LogP contribution in [-0.4, -0.2) is 49.8 Å². The van der Waals surface area contributed by atoms with Crippen LogP contribution in [0.5, 0.6) is 0 Å². The van der Waals surface area contributed by atoms with E-state index in [4.69, 9.17) is 4.74 Å². The summed E-state index contributed by atoms with van der Waals surface area (Å²) in [5.41, 5.74) is 0. The molecule has 102 valence electrons. The van der Waals surface area contributed by atoms with E-state index >= 15 is 0 Å². The van der Waals surface area contributed by atoms with Crippen molar-refractivity contribution < 1.29 is 4.74 Å². The van der Waals surface area contributed by atoms with E-state index in [9.17, 15) is 0 Å². The third kappa shape index (κ3) is 4.94. The Kier molecular flexibility index (Phi) is 7.82. The highest BCUT2D eigenvalue weighted by Crippen LogP contribution is 2.15. The summed E-state index contributed by atoms with van der Waals surface area (Å²) in [6.07, 6.45) is 5.01. The lowest BCUT2D eigenvalue weighted by atomic mass is 9.98. The average Bonchev–Trinajstić information content (AvgIpc) is 2.38. The summed E-state index contributed by atoms with van der Waals surface area (Å²) < 4.78 is 5.45. The first-order chi connectivity index (χ1) is 8.33. The Hall–Kier alpha value is -0.120. The van der Waals surface area contributed by atoms with Crippen molar-refractivity contribution in [1.29, 1.82) is 0 Å². The number of rotatable bonds is 8. The molecule has 1 N–H and O–H groups in total. The second kappa shape index (κ2) is 8.90. The molecule has 1 fully saturated rings. The summed E-state index contributed by atoms with van der Waals surface area (Å²) in [4.78, 5) is 2.62. The number of hydrogen-bond donors (Lipinski definition) is 1. The molecule has 3 nitrogen and oxygen atoms in total. The van der Waals surface area contributed by atoms with Crippen LogP contribution < -0.4 is 5.32 Å². The number of hydrogen-bond acceptors (Lipinski definition) is 3. The standard InChI is InChI=1S/C14H30N2O/c1-4-7-13(15-8-5-2)14(6-3)16-9-11-17-12-10-16/h13-15H,4-12H2,1-3H3. The highest BCUT2D eigenvalue weighted by atomic mass is 16.5. The molecule has 1 saturated heterocycles. The zero-order valence-electron chi connectivity index (χ0n) is 11.9. The molecule has 2 atom stereocenters. The molecule has 0 radical (unpaired) electrons. The molecule has 0 aliphatic carbocycles.